The number of fused-ring (bicyclic) bond motifs is 3. The van der Waals surface area contributed by atoms with Crippen LogP contribution in [0, 0.1) is 5.82 Å². The summed E-state index contributed by atoms with van der Waals surface area (Å²) in [6.45, 7) is 0. The summed E-state index contributed by atoms with van der Waals surface area (Å²) in [6.07, 6.45) is 0. The molecular formula is C12H6BrFO. The Kier molecular flexibility index (Phi) is 1.83. The number of halogens is 2. The van der Waals surface area contributed by atoms with E-state index in [1.54, 1.807) is 6.07 Å². The molecule has 0 spiro atoms. The third-order valence-corrected chi connectivity index (χ3v) is 3.08. The molecule has 15 heavy (non-hydrogen) atoms. The number of benzene rings is 2. The van der Waals surface area contributed by atoms with E-state index in [0.717, 1.165) is 15.2 Å². The van der Waals surface area contributed by atoms with Crippen molar-refractivity contribution < 1.29 is 8.81 Å². The van der Waals surface area contributed by atoms with Gasteiger partial charge in [-0.1, -0.05) is 34.1 Å². The first-order valence-electron chi connectivity index (χ1n) is 4.52. The fourth-order valence-corrected chi connectivity index (χ4v) is 2.33. The van der Waals surface area contributed by atoms with Gasteiger partial charge in [-0.25, -0.2) is 4.39 Å². The highest BCUT2D eigenvalue weighted by atomic mass is 79.9. The van der Waals surface area contributed by atoms with Crippen LogP contribution >= 0.6 is 15.9 Å². The summed E-state index contributed by atoms with van der Waals surface area (Å²) in [5.41, 5.74) is 1.02. The zero-order valence-corrected chi connectivity index (χ0v) is 9.21. The highest BCUT2D eigenvalue weighted by Gasteiger charge is 2.11. The topological polar surface area (TPSA) is 13.1 Å². The maximum atomic E-state index is 13.4. The fraction of sp³-hybridized carbons (Fsp3) is 0. The molecule has 0 fully saturated rings. The van der Waals surface area contributed by atoms with Gasteiger partial charge in [-0.3, -0.25) is 0 Å². The third kappa shape index (κ3) is 1.20. The van der Waals surface area contributed by atoms with Crippen LogP contribution in [-0.4, -0.2) is 0 Å². The van der Waals surface area contributed by atoms with Crippen LogP contribution in [0.15, 0.2) is 45.3 Å². The molecule has 0 saturated carbocycles. The van der Waals surface area contributed by atoms with Crippen molar-refractivity contribution in [2.45, 2.75) is 0 Å². The average molecular weight is 265 g/mol. The monoisotopic (exact) mass is 264 g/mol. The van der Waals surface area contributed by atoms with Gasteiger partial charge in [0, 0.05) is 15.2 Å². The smallest absolute Gasteiger partial charge is 0.171 e. The van der Waals surface area contributed by atoms with Crippen molar-refractivity contribution in [3.05, 3.63) is 46.7 Å². The Labute approximate surface area is 93.6 Å². The first-order chi connectivity index (χ1) is 7.27. The molecule has 2 aromatic carbocycles. The van der Waals surface area contributed by atoms with Gasteiger partial charge >= 0.3 is 0 Å². The summed E-state index contributed by atoms with van der Waals surface area (Å²) in [5, 5.41) is 1.73. The fourth-order valence-electron chi connectivity index (χ4n) is 1.77. The molecular weight excluding hydrogens is 259 g/mol. The van der Waals surface area contributed by atoms with Crippen LogP contribution in [0.25, 0.3) is 21.9 Å². The Morgan fingerprint density at radius 3 is 2.73 bits per heavy atom. The van der Waals surface area contributed by atoms with E-state index in [4.69, 9.17) is 4.42 Å². The van der Waals surface area contributed by atoms with Crippen molar-refractivity contribution in [2.24, 2.45) is 0 Å². The number of rotatable bonds is 0. The maximum absolute atomic E-state index is 13.4. The molecule has 0 aliphatic carbocycles. The first kappa shape index (κ1) is 8.92. The molecule has 1 aromatic heterocycles. The van der Waals surface area contributed by atoms with Gasteiger partial charge in [-0.15, -0.1) is 0 Å². The summed E-state index contributed by atoms with van der Waals surface area (Å²) >= 11 is 3.44. The lowest BCUT2D eigenvalue weighted by Crippen LogP contribution is -1.72. The van der Waals surface area contributed by atoms with E-state index in [0.29, 0.717) is 11.2 Å². The standard InChI is InChI=1S/C12H6BrFO/c13-8-4-2-6-10-11(8)7-3-1-5-9(14)12(7)15-10/h1-6H. The van der Waals surface area contributed by atoms with Crippen molar-refractivity contribution in [3.63, 3.8) is 0 Å². The van der Waals surface area contributed by atoms with E-state index in [-0.39, 0.29) is 5.82 Å². The SMILES string of the molecule is Fc1cccc2c1oc1cccc(Br)c12. The second kappa shape index (κ2) is 3.07. The van der Waals surface area contributed by atoms with Crippen LogP contribution < -0.4 is 0 Å². The Hall–Kier alpha value is -1.35. The summed E-state index contributed by atoms with van der Waals surface area (Å²) in [5.74, 6) is -0.324. The number of para-hydroxylation sites is 1. The zero-order chi connectivity index (χ0) is 10.4. The molecule has 0 bridgehead atoms. The molecule has 0 saturated heterocycles. The van der Waals surface area contributed by atoms with E-state index in [2.05, 4.69) is 15.9 Å². The molecule has 0 atom stereocenters. The van der Waals surface area contributed by atoms with E-state index in [9.17, 15) is 4.39 Å². The maximum Gasteiger partial charge on any atom is 0.171 e. The van der Waals surface area contributed by atoms with E-state index in [1.165, 1.54) is 6.07 Å². The van der Waals surface area contributed by atoms with Crippen LogP contribution in [-0.2, 0) is 0 Å². The second-order valence-corrected chi connectivity index (χ2v) is 4.19. The predicted octanol–water partition coefficient (Wildman–Crippen LogP) is 4.49. The molecule has 3 heteroatoms. The van der Waals surface area contributed by atoms with Gasteiger partial charge in [0.05, 0.1) is 0 Å². The molecule has 0 radical (unpaired) electrons. The normalized spacial score (nSPS) is 11.3. The quantitative estimate of drug-likeness (QED) is 0.583. The highest BCUT2D eigenvalue weighted by Crippen LogP contribution is 2.34. The summed E-state index contributed by atoms with van der Waals surface area (Å²) in [6, 6.07) is 10.6. The minimum absolute atomic E-state index is 0.319. The summed E-state index contributed by atoms with van der Waals surface area (Å²) < 4.78 is 19.8. The Morgan fingerprint density at radius 1 is 1.07 bits per heavy atom. The largest absolute Gasteiger partial charge is 0.453 e. The minimum atomic E-state index is -0.324. The van der Waals surface area contributed by atoms with E-state index >= 15 is 0 Å². The molecule has 0 N–H and O–H groups in total. The lowest BCUT2D eigenvalue weighted by Gasteiger charge is -1.92. The number of hydrogen-bond donors (Lipinski definition) is 0. The third-order valence-electron chi connectivity index (χ3n) is 2.42. The lowest BCUT2D eigenvalue weighted by molar-refractivity contribution is 0.584. The van der Waals surface area contributed by atoms with Gasteiger partial charge in [0.2, 0.25) is 0 Å². The van der Waals surface area contributed by atoms with Crippen molar-refractivity contribution in [2.75, 3.05) is 0 Å². The Bertz CT molecular complexity index is 657. The number of hydrogen-bond acceptors (Lipinski definition) is 1. The van der Waals surface area contributed by atoms with Gasteiger partial charge in [0.15, 0.2) is 11.4 Å². The molecule has 0 amide bonds. The van der Waals surface area contributed by atoms with Crippen LogP contribution in [0.5, 0.6) is 0 Å². The zero-order valence-electron chi connectivity index (χ0n) is 7.63. The van der Waals surface area contributed by atoms with Gasteiger partial charge < -0.3 is 4.42 Å². The number of furan rings is 1. The highest BCUT2D eigenvalue weighted by molar-refractivity contribution is 9.10. The predicted molar refractivity (Wildman–Crippen MR) is 61.4 cm³/mol. The van der Waals surface area contributed by atoms with Gasteiger partial charge in [-0.05, 0) is 18.2 Å². The first-order valence-corrected chi connectivity index (χ1v) is 5.32. The Balaban J connectivity index is 2.65. The molecule has 3 rings (SSSR count). The van der Waals surface area contributed by atoms with Crippen molar-refractivity contribution in [3.8, 4) is 0 Å². The molecule has 1 nitrogen and oxygen atoms in total. The molecule has 74 valence electrons. The van der Waals surface area contributed by atoms with Crippen LogP contribution in [0.2, 0.25) is 0 Å². The van der Waals surface area contributed by atoms with Crippen molar-refractivity contribution >= 4 is 37.9 Å². The molecule has 0 unspecified atom stereocenters. The second-order valence-electron chi connectivity index (χ2n) is 3.33. The van der Waals surface area contributed by atoms with Gasteiger partial charge in [-0.2, -0.15) is 0 Å². The lowest BCUT2D eigenvalue weighted by atomic mass is 10.1. The molecule has 1 heterocycles. The minimum Gasteiger partial charge on any atom is -0.453 e. The average Bonchev–Trinajstić information content (AvgIpc) is 2.59. The van der Waals surface area contributed by atoms with Gasteiger partial charge in [0.25, 0.3) is 0 Å². The van der Waals surface area contributed by atoms with E-state index in [1.807, 2.05) is 24.3 Å². The van der Waals surface area contributed by atoms with Crippen molar-refractivity contribution in [1.82, 2.24) is 0 Å². The van der Waals surface area contributed by atoms with Gasteiger partial charge in [0.1, 0.15) is 5.58 Å². The van der Waals surface area contributed by atoms with E-state index < -0.39 is 0 Å². The molecule has 0 aliphatic rings. The summed E-state index contributed by atoms with van der Waals surface area (Å²) in [7, 11) is 0. The summed E-state index contributed by atoms with van der Waals surface area (Å²) in [4.78, 5) is 0. The van der Waals surface area contributed by atoms with Crippen LogP contribution in [0.4, 0.5) is 4.39 Å². The van der Waals surface area contributed by atoms with Crippen molar-refractivity contribution in [1.29, 1.82) is 0 Å². The molecule has 0 aliphatic heterocycles. The Morgan fingerprint density at radius 2 is 1.87 bits per heavy atom. The molecule has 3 aromatic rings. The van der Waals surface area contributed by atoms with Crippen LogP contribution in [0.1, 0.15) is 0 Å². The van der Waals surface area contributed by atoms with Crippen LogP contribution in [0.3, 0.4) is 0 Å².